The minimum absolute atomic E-state index is 0.0479. The van der Waals surface area contributed by atoms with Gasteiger partial charge < -0.3 is 5.11 Å². The van der Waals surface area contributed by atoms with Crippen molar-refractivity contribution in [2.75, 3.05) is 0 Å². The molecular weight excluding hydrogens is 254 g/mol. The summed E-state index contributed by atoms with van der Waals surface area (Å²) in [5.41, 5.74) is -0.506. The van der Waals surface area contributed by atoms with Crippen molar-refractivity contribution in [2.45, 2.75) is 0 Å². The predicted octanol–water partition coefficient (Wildman–Crippen LogP) is 0.860. The fraction of sp³-hybridized carbons (Fsp3) is 0. The molecule has 2 aromatic rings. The maximum absolute atomic E-state index is 12.0. The first kappa shape index (κ1) is 12.4. The van der Waals surface area contributed by atoms with Crippen molar-refractivity contribution in [1.29, 1.82) is 0 Å². The van der Waals surface area contributed by atoms with Crippen molar-refractivity contribution in [1.82, 2.24) is 9.55 Å². The smallest absolute Gasteiger partial charge is 0.329 e. The molecule has 1 heterocycles. The molecule has 2 rings (SSSR count). The number of hydrogen-bond acceptors (Lipinski definition) is 5. The molecule has 0 aliphatic heterocycles. The van der Waals surface area contributed by atoms with Gasteiger partial charge in [-0.15, -0.1) is 0 Å². The van der Waals surface area contributed by atoms with Crippen LogP contribution in [0.25, 0.3) is 17.1 Å². The van der Waals surface area contributed by atoms with Crippen LogP contribution in [-0.2, 0) is 4.79 Å². The molecule has 0 aliphatic rings. The zero-order valence-corrected chi connectivity index (χ0v) is 9.39. The summed E-state index contributed by atoms with van der Waals surface area (Å²) in [5.74, 6) is -1.22. The number of rotatable bonds is 3. The maximum atomic E-state index is 12.0. The van der Waals surface area contributed by atoms with Crippen LogP contribution in [0.15, 0.2) is 35.4 Å². The zero-order valence-electron chi connectivity index (χ0n) is 9.39. The van der Waals surface area contributed by atoms with Gasteiger partial charge in [0.1, 0.15) is 6.33 Å². The number of hydrogen-bond donors (Lipinski definition) is 1. The summed E-state index contributed by atoms with van der Waals surface area (Å²) in [7, 11) is 0. The summed E-state index contributed by atoms with van der Waals surface area (Å²) in [6.45, 7) is 0. The van der Waals surface area contributed by atoms with Crippen LogP contribution in [0.2, 0.25) is 0 Å². The van der Waals surface area contributed by atoms with E-state index in [0.29, 0.717) is 5.52 Å². The second kappa shape index (κ2) is 4.69. The number of aromatic nitrogens is 2. The molecule has 1 N–H and O–H groups in total. The van der Waals surface area contributed by atoms with Crippen molar-refractivity contribution in [3.63, 3.8) is 0 Å². The standard InChI is InChI=1S/C11H7N3O5/c15-10(16)3-4-13-6-12-9-2-1-7(14(18)19)5-8(9)11(13)17/h1-6H,(H,15,16). The molecule has 8 nitrogen and oxygen atoms in total. The van der Waals surface area contributed by atoms with Crippen LogP contribution in [0.5, 0.6) is 0 Å². The van der Waals surface area contributed by atoms with E-state index in [0.717, 1.165) is 29.2 Å². The number of carboxylic acids is 1. The fourth-order valence-corrected chi connectivity index (χ4v) is 1.49. The minimum Gasteiger partial charge on any atom is -0.478 e. The van der Waals surface area contributed by atoms with Crippen molar-refractivity contribution in [3.8, 4) is 0 Å². The lowest BCUT2D eigenvalue weighted by molar-refractivity contribution is -0.384. The molecule has 1 aromatic carbocycles. The molecule has 0 fully saturated rings. The Morgan fingerprint density at radius 2 is 2.21 bits per heavy atom. The number of carbonyl (C=O) groups is 1. The van der Waals surface area contributed by atoms with Crippen LogP contribution in [0.3, 0.4) is 0 Å². The topological polar surface area (TPSA) is 115 Å². The molecular formula is C11H7N3O5. The van der Waals surface area contributed by atoms with Gasteiger partial charge in [0.25, 0.3) is 11.2 Å². The molecule has 0 aliphatic carbocycles. The Hall–Kier alpha value is -3.03. The van der Waals surface area contributed by atoms with Crippen LogP contribution in [0.1, 0.15) is 0 Å². The Bertz CT molecular complexity index is 763. The van der Waals surface area contributed by atoms with E-state index in [1.54, 1.807) is 0 Å². The van der Waals surface area contributed by atoms with Gasteiger partial charge in [0.05, 0.1) is 15.8 Å². The second-order valence-corrected chi connectivity index (χ2v) is 3.57. The normalized spacial score (nSPS) is 10.9. The SMILES string of the molecule is O=C(O)C=Cn1cnc2ccc([N+](=O)[O-])cc2c1=O. The third-order valence-corrected chi connectivity index (χ3v) is 2.35. The van der Waals surface area contributed by atoms with E-state index in [9.17, 15) is 19.7 Å². The van der Waals surface area contributed by atoms with Gasteiger partial charge in [0.15, 0.2) is 0 Å². The zero-order chi connectivity index (χ0) is 14.0. The average Bonchev–Trinajstić information content (AvgIpc) is 2.37. The molecule has 0 radical (unpaired) electrons. The number of nitrogens with zero attached hydrogens (tertiary/aromatic N) is 3. The Morgan fingerprint density at radius 1 is 1.47 bits per heavy atom. The first-order valence-electron chi connectivity index (χ1n) is 5.05. The Balaban J connectivity index is 2.65. The largest absolute Gasteiger partial charge is 0.478 e. The van der Waals surface area contributed by atoms with Crippen LogP contribution in [0.4, 0.5) is 5.69 Å². The fourth-order valence-electron chi connectivity index (χ4n) is 1.49. The number of benzene rings is 1. The number of fused-ring (bicyclic) bond motifs is 1. The lowest BCUT2D eigenvalue weighted by Crippen LogP contribution is -2.16. The molecule has 0 bridgehead atoms. The Labute approximate surface area is 105 Å². The molecule has 96 valence electrons. The van der Waals surface area contributed by atoms with E-state index < -0.39 is 16.5 Å². The summed E-state index contributed by atoms with van der Waals surface area (Å²) < 4.78 is 0.945. The third kappa shape index (κ3) is 2.46. The molecule has 0 atom stereocenters. The quantitative estimate of drug-likeness (QED) is 0.497. The molecule has 19 heavy (non-hydrogen) atoms. The molecule has 0 unspecified atom stereocenters. The highest BCUT2D eigenvalue weighted by atomic mass is 16.6. The van der Waals surface area contributed by atoms with E-state index in [-0.39, 0.29) is 11.1 Å². The van der Waals surface area contributed by atoms with Gasteiger partial charge in [0.2, 0.25) is 0 Å². The molecule has 0 spiro atoms. The molecule has 1 aromatic heterocycles. The number of non-ortho nitro benzene ring substituents is 1. The highest BCUT2D eigenvalue weighted by Gasteiger charge is 2.10. The van der Waals surface area contributed by atoms with Crippen molar-refractivity contribution >= 4 is 28.8 Å². The summed E-state index contributed by atoms with van der Waals surface area (Å²) in [6.07, 6.45) is 2.94. The van der Waals surface area contributed by atoms with Gasteiger partial charge in [-0.25, -0.2) is 9.78 Å². The van der Waals surface area contributed by atoms with Crippen LogP contribution in [-0.4, -0.2) is 25.6 Å². The summed E-state index contributed by atoms with van der Waals surface area (Å²) in [6, 6.07) is 3.71. The number of nitro benzene ring substituents is 1. The van der Waals surface area contributed by atoms with Crippen LogP contribution < -0.4 is 5.56 Å². The molecule has 0 saturated carbocycles. The molecule has 0 amide bonds. The van der Waals surface area contributed by atoms with Crippen LogP contribution in [0, 0.1) is 10.1 Å². The predicted molar refractivity (Wildman–Crippen MR) is 65.6 cm³/mol. The first-order chi connectivity index (χ1) is 8.99. The monoisotopic (exact) mass is 261 g/mol. The van der Waals surface area contributed by atoms with Crippen molar-refractivity contribution in [2.24, 2.45) is 0 Å². The van der Waals surface area contributed by atoms with E-state index >= 15 is 0 Å². The highest BCUT2D eigenvalue weighted by molar-refractivity contribution is 5.84. The van der Waals surface area contributed by atoms with Crippen molar-refractivity contribution in [3.05, 3.63) is 51.1 Å². The molecule has 8 heteroatoms. The van der Waals surface area contributed by atoms with Gasteiger partial charge in [-0.3, -0.25) is 19.5 Å². The third-order valence-electron chi connectivity index (χ3n) is 2.35. The number of aliphatic carboxylic acids is 1. The number of nitro groups is 1. The van der Waals surface area contributed by atoms with E-state index in [4.69, 9.17) is 5.11 Å². The average molecular weight is 261 g/mol. The van der Waals surface area contributed by atoms with Gasteiger partial charge in [-0.2, -0.15) is 0 Å². The minimum atomic E-state index is -1.22. The lowest BCUT2D eigenvalue weighted by atomic mass is 10.2. The van der Waals surface area contributed by atoms with Gasteiger partial charge in [-0.05, 0) is 6.07 Å². The van der Waals surface area contributed by atoms with E-state index in [1.807, 2.05) is 0 Å². The highest BCUT2D eigenvalue weighted by Crippen LogP contribution is 2.16. The molecule has 0 saturated heterocycles. The summed E-state index contributed by atoms with van der Waals surface area (Å²) in [5, 5.41) is 19.2. The second-order valence-electron chi connectivity index (χ2n) is 3.57. The van der Waals surface area contributed by atoms with Gasteiger partial charge in [0, 0.05) is 24.4 Å². The summed E-state index contributed by atoms with van der Waals surface area (Å²) in [4.78, 5) is 36.3. The van der Waals surface area contributed by atoms with Gasteiger partial charge >= 0.3 is 5.97 Å². The maximum Gasteiger partial charge on any atom is 0.329 e. The Morgan fingerprint density at radius 3 is 2.84 bits per heavy atom. The van der Waals surface area contributed by atoms with Crippen LogP contribution >= 0.6 is 0 Å². The lowest BCUT2D eigenvalue weighted by Gasteiger charge is -2.00. The van der Waals surface area contributed by atoms with E-state index in [2.05, 4.69) is 4.98 Å². The number of carboxylic acid groups (broad SMARTS) is 1. The Kier molecular flexibility index (Phi) is 3.06. The van der Waals surface area contributed by atoms with Crippen molar-refractivity contribution < 1.29 is 14.8 Å². The van der Waals surface area contributed by atoms with E-state index in [1.165, 1.54) is 12.1 Å². The summed E-state index contributed by atoms with van der Waals surface area (Å²) >= 11 is 0. The van der Waals surface area contributed by atoms with Gasteiger partial charge in [-0.1, -0.05) is 0 Å². The first-order valence-corrected chi connectivity index (χ1v) is 5.05.